The van der Waals surface area contributed by atoms with Crippen LogP contribution in [-0.4, -0.2) is 23.0 Å². The molecule has 0 heterocycles. The summed E-state index contributed by atoms with van der Waals surface area (Å²) >= 11 is 3.33. The molecule has 6 heteroatoms. The Morgan fingerprint density at radius 1 is 1.29 bits per heavy atom. The third-order valence-corrected chi connectivity index (χ3v) is 3.53. The van der Waals surface area contributed by atoms with Crippen molar-refractivity contribution in [3.05, 3.63) is 28.2 Å². The molecule has 114 valence electrons. The largest absolute Gasteiger partial charge is 0.508 e. The molecule has 0 atom stereocenters. The number of nitrogens with zero attached hydrogens (tertiary/aromatic N) is 1. The fourth-order valence-corrected chi connectivity index (χ4v) is 2.05. The van der Waals surface area contributed by atoms with Crippen molar-refractivity contribution >= 4 is 33.8 Å². The first kappa shape index (κ1) is 17.4. The van der Waals surface area contributed by atoms with Crippen LogP contribution >= 0.6 is 15.9 Å². The molecule has 2 N–H and O–H groups in total. The van der Waals surface area contributed by atoms with E-state index in [0.717, 1.165) is 23.7 Å². The molecular weight excluding hydrogens is 336 g/mol. The Hall–Kier alpha value is -1.69. The summed E-state index contributed by atoms with van der Waals surface area (Å²) in [5.41, 5.74) is 3.12. The van der Waals surface area contributed by atoms with Gasteiger partial charge in [0.25, 0.3) is 0 Å². The van der Waals surface area contributed by atoms with Gasteiger partial charge in [0.1, 0.15) is 11.5 Å². The molecule has 0 bridgehead atoms. The van der Waals surface area contributed by atoms with Crippen molar-refractivity contribution in [2.45, 2.75) is 39.0 Å². The third kappa shape index (κ3) is 7.60. The third-order valence-electron chi connectivity index (χ3n) is 2.81. The number of unbranched alkanes of at least 4 members (excludes halogenated alkanes) is 2. The first-order valence-electron chi connectivity index (χ1n) is 6.79. The maximum absolute atomic E-state index is 11.5. The van der Waals surface area contributed by atoms with E-state index < -0.39 is 0 Å². The molecule has 0 saturated heterocycles. The SMILES string of the molecule is CC(=O)CCCCCC(=O)N/N=C/c1cc(O)ccc1Br. The van der Waals surface area contributed by atoms with E-state index in [0.29, 0.717) is 18.4 Å². The molecule has 0 aliphatic rings. The number of aromatic hydroxyl groups is 1. The van der Waals surface area contributed by atoms with Gasteiger partial charge in [0.15, 0.2) is 0 Å². The lowest BCUT2D eigenvalue weighted by molar-refractivity contribution is -0.121. The zero-order valence-electron chi connectivity index (χ0n) is 11.9. The van der Waals surface area contributed by atoms with E-state index in [-0.39, 0.29) is 17.4 Å². The summed E-state index contributed by atoms with van der Waals surface area (Å²) in [6.45, 7) is 1.57. The first-order valence-corrected chi connectivity index (χ1v) is 7.58. The molecule has 5 nitrogen and oxygen atoms in total. The second-order valence-electron chi connectivity index (χ2n) is 4.76. The molecule has 21 heavy (non-hydrogen) atoms. The van der Waals surface area contributed by atoms with E-state index >= 15 is 0 Å². The summed E-state index contributed by atoms with van der Waals surface area (Å²) in [6, 6.07) is 4.80. The van der Waals surface area contributed by atoms with Crippen LogP contribution < -0.4 is 5.43 Å². The number of carbonyl (C=O) groups is 2. The molecule has 0 radical (unpaired) electrons. The zero-order valence-corrected chi connectivity index (χ0v) is 13.5. The van der Waals surface area contributed by atoms with Crippen molar-refractivity contribution < 1.29 is 14.7 Å². The molecule has 0 fully saturated rings. The molecule has 1 aromatic carbocycles. The number of ketones is 1. The van der Waals surface area contributed by atoms with Crippen molar-refractivity contribution in [1.29, 1.82) is 0 Å². The fraction of sp³-hybridized carbons (Fsp3) is 0.400. The number of hydrazone groups is 1. The van der Waals surface area contributed by atoms with E-state index in [1.54, 1.807) is 25.1 Å². The summed E-state index contributed by atoms with van der Waals surface area (Å²) in [4.78, 5) is 22.3. The maximum Gasteiger partial charge on any atom is 0.240 e. The van der Waals surface area contributed by atoms with Gasteiger partial charge in [0, 0.05) is 22.9 Å². The highest BCUT2D eigenvalue weighted by Gasteiger charge is 2.01. The van der Waals surface area contributed by atoms with Gasteiger partial charge in [-0.2, -0.15) is 5.10 Å². The van der Waals surface area contributed by atoms with E-state index in [1.165, 1.54) is 6.21 Å². The molecule has 0 aliphatic heterocycles. The molecule has 0 spiro atoms. The number of Topliss-reactive ketones (excluding diaryl/α,β-unsaturated/α-hetero) is 1. The molecule has 1 rings (SSSR count). The summed E-state index contributed by atoms with van der Waals surface area (Å²) in [6.07, 6.45) is 4.85. The second-order valence-corrected chi connectivity index (χ2v) is 5.62. The van der Waals surface area contributed by atoms with Crippen LogP contribution in [0.15, 0.2) is 27.8 Å². The first-order chi connectivity index (χ1) is 9.99. The van der Waals surface area contributed by atoms with Crippen LogP contribution in [0.25, 0.3) is 0 Å². The van der Waals surface area contributed by atoms with Gasteiger partial charge in [-0.1, -0.05) is 22.4 Å². The van der Waals surface area contributed by atoms with Gasteiger partial charge in [-0.15, -0.1) is 0 Å². The number of hydrogen-bond donors (Lipinski definition) is 2. The summed E-state index contributed by atoms with van der Waals surface area (Å²) in [5, 5.41) is 13.2. The number of carbonyl (C=O) groups excluding carboxylic acids is 2. The van der Waals surface area contributed by atoms with Crippen LogP contribution in [-0.2, 0) is 9.59 Å². The second kappa shape index (κ2) is 9.28. The predicted molar refractivity (Wildman–Crippen MR) is 85.3 cm³/mol. The van der Waals surface area contributed by atoms with Crippen LogP contribution in [0.2, 0.25) is 0 Å². The van der Waals surface area contributed by atoms with Gasteiger partial charge < -0.3 is 9.90 Å². The van der Waals surface area contributed by atoms with Crippen molar-refractivity contribution in [3.8, 4) is 5.75 Å². The van der Waals surface area contributed by atoms with Gasteiger partial charge in [-0.05, 0) is 38.0 Å². The van der Waals surface area contributed by atoms with Crippen LogP contribution in [0.3, 0.4) is 0 Å². The van der Waals surface area contributed by atoms with Gasteiger partial charge in [-0.25, -0.2) is 5.43 Å². The minimum atomic E-state index is -0.162. The van der Waals surface area contributed by atoms with Crippen LogP contribution in [0.4, 0.5) is 0 Å². The van der Waals surface area contributed by atoms with Crippen molar-refractivity contribution in [2.24, 2.45) is 5.10 Å². The molecule has 0 unspecified atom stereocenters. The standard InChI is InChI=1S/C15H19BrN2O3/c1-11(19)5-3-2-4-6-15(21)18-17-10-12-9-13(20)7-8-14(12)16/h7-10,20H,2-6H2,1H3,(H,18,21)/b17-10+. The minimum absolute atomic E-state index is 0.136. The molecular formula is C15H19BrN2O3. The van der Waals surface area contributed by atoms with Crippen molar-refractivity contribution in [3.63, 3.8) is 0 Å². The normalized spacial score (nSPS) is 10.8. The molecule has 1 aromatic rings. The topological polar surface area (TPSA) is 78.8 Å². The van der Waals surface area contributed by atoms with Crippen LogP contribution in [0.5, 0.6) is 5.75 Å². The fourth-order valence-electron chi connectivity index (χ4n) is 1.70. The van der Waals surface area contributed by atoms with E-state index in [2.05, 4.69) is 26.5 Å². The zero-order chi connectivity index (χ0) is 15.7. The number of phenols is 1. The molecule has 1 amide bonds. The number of amides is 1. The lowest BCUT2D eigenvalue weighted by Crippen LogP contribution is -2.16. The number of nitrogens with one attached hydrogen (secondary N) is 1. The number of phenolic OH excluding ortho intramolecular Hbond substituents is 1. The lowest BCUT2D eigenvalue weighted by atomic mass is 10.1. The van der Waals surface area contributed by atoms with Crippen LogP contribution in [0, 0.1) is 0 Å². The van der Waals surface area contributed by atoms with Gasteiger partial charge >= 0.3 is 0 Å². The Morgan fingerprint density at radius 2 is 2.00 bits per heavy atom. The minimum Gasteiger partial charge on any atom is -0.508 e. The number of hydrogen-bond acceptors (Lipinski definition) is 4. The molecule has 0 aliphatic carbocycles. The smallest absolute Gasteiger partial charge is 0.240 e. The Morgan fingerprint density at radius 3 is 2.71 bits per heavy atom. The summed E-state index contributed by atoms with van der Waals surface area (Å²) in [7, 11) is 0. The van der Waals surface area contributed by atoms with E-state index in [4.69, 9.17) is 0 Å². The number of benzene rings is 1. The van der Waals surface area contributed by atoms with Crippen LogP contribution in [0.1, 0.15) is 44.6 Å². The predicted octanol–water partition coefficient (Wildman–Crippen LogP) is 3.14. The quantitative estimate of drug-likeness (QED) is 0.427. The lowest BCUT2D eigenvalue weighted by Gasteiger charge is -2.01. The average molecular weight is 355 g/mol. The van der Waals surface area contributed by atoms with E-state index in [1.807, 2.05) is 0 Å². The number of halogens is 1. The van der Waals surface area contributed by atoms with E-state index in [9.17, 15) is 14.7 Å². The maximum atomic E-state index is 11.5. The summed E-state index contributed by atoms with van der Waals surface area (Å²) in [5.74, 6) is 0.155. The molecule has 0 aromatic heterocycles. The van der Waals surface area contributed by atoms with Gasteiger partial charge in [0.2, 0.25) is 5.91 Å². The van der Waals surface area contributed by atoms with Crippen molar-refractivity contribution in [1.82, 2.24) is 5.43 Å². The average Bonchev–Trinajstić information content (AvgIpc) is 2.42. The Labute approximate surface area is 132 Å². The Kier molecular flexibility index (Phi) is 7.68. The monoisotopic (exact) mass is 354 g/mol. The summed E-state index contributed by atoms with van der Waals surface area (Å²) < 4.78 is 0.780. The Balaban J connectivity index is 2.27. The molecule has 0 saturated carbocycles. The van der Waals surface area contributed by atoms with Gasteiger partial charge in [0.05, 0.1) is 6.21 Å². The highest BCUT2D eigenvalue weighted by atomic mass is 79.9. The van der Waals surface area contributed by atoms with Gasteiger partial charge in [-0.3, -0.25) is 4.79 Å². The number of rotatable bonds is 8. The highest BCUT2D eigenvalue weighted by molar-refractivity contribution is 9.10. The van der Waals surface area contributed by atoms with Crippen molar-refractivity contribution in [2.75, 3.05) is 0 Å². The Bertz CT molecular complexity index is 530. The highest BCUT2D eigenvalue weighted by Crippen LogP contribution is 2.19.